The van der Waals surface area contributed by atoms with Gasteiger partial charge in [0.25, 0.3) is 0 Å². The molecule has 1 aromatic rings. The Morgan fingerprint density at radius 2 is 1.93 bits per heavy atom. The first-order chi connectivity index (χ1) is 13.9. The summed E-state index contributed by atoms with van der Waals surface area (Å²) >= 11 is 0. The molecule has 3 amide bonds. The minimum Gasteiger partial charge on any atom is -0.442 e. The second kappa shape index (κ2) is 6.71. The fourth-order valence-corrected chi connectivity index (χ4v) is 4.81. The summed E-state index contributed by atoms with van der Waals surface area (Å²) in [4.78, 5) is 38.7. The molecular formula is C21H24FN3O4. The fourth-order valence-electron chi connectivity index (χ4n) is 4.81. The standard InChI is InChI=1S/C21H24FN3O4/c1-11(26)23-7-14-8-25(21(28)29-14)13-4-5-15(18(22)6-13)19-16-9-24(10-17(16)19)20(27)12-2-3-12/h4-6,12,14,16-17,19H,2-3,7-10H2,1H3,(H,23,26)/t14-,16-,17+,19+/m0/s1. The lowest BCUT2D eigenvalue weighted by Gasteiger charge is -2.20. The summed E-state index contributed by atoms with van der Waals surface area (Å²) in [5.41, 5.74) is 1.13. The number of carbonyl (C=O) groups is 3. The number of carbonyl (C=O) groups excluding carboxylic acids is 3. The van der Waals surface area contributed by atoms with Gasteiger partial charge in [0.15, 0.2) is 0 Å². The number of hydrogen-bond acceptors (Lipinski definition) is 4. The maximum absolute atomic E-state index is 14.9. The number of rotatable bonds is 5. The number of piperidine rings is 1. The molecular weight excluding hydrogens is 377 g/mol. The number of benzene rings is 1. The molecule has 154 valence electrons. The average molecular weight is 401 g/mol. The molecule has 0 aromatic heterocycles. The van der Waals surface area contributed by atoms with Crippen molar-refractivity contribution in [2.45, 2.75) is 31.8 Å². The third-order valence-corrected chi connectivity index (χ3v) is 6.54. The van der Waals surface area contributed by atoms with Crippen LogP contribution >= 0.6 is 0 Å². The van der Waals surface area contributed by atoms with Gasteiger partial charge >= 0.3 is 6.09 Å². The number of nitrogens with zero attached hydrogens (tertiary/aromatic N) is 2. The normalized spacial score (nSPS) is 30.2. The largest absolute Gasteiger partial charge is 0.442 e. The highest BCUT2D eigenvalue weighted by molar-refractivity contribution is 5.90. The smallest absolute Gasteiger partial charge is 0.414 e. The van der Waals surface area contributed by atoms with Crippen molar-refractivity contribution in [3.05, 3.63) is 29.6 Å². The first kappa shape index (κ1) is 18.4. The molecule has 0 radical (unpaired) electrons. The zero-order chi connectivity index (χ0) is 20.3. The number of fused-ring (bicyclic) bond motifs is 1. The van der Waals surface area contributed by atoms with E-state index in [1.165, 1.54) is 17.9 Å². The van der Waals surface area contributed by atoms with E-state index in [0.29, 0.717) is 23.1 Å². The molecule has 2 saturated heterocycles. The molecule has 1 N–H and O–H groups in total. The van der Waals surface area contributed by atoms with Gasteiger partial charge in [-0.3, -0.25) is 14.5 Å². The third kappa shape index (κ3) is 3.34. The van der Waals surface area contributed by atoms with E-state index in [9.17, 15) is 18.8 Å². The SMILES string of the molecule is CC(=O)NC[C@H]1CN(c2ccc([C@H]3[C@@H]4CN(C(=O)C5CC5)C[C@@H]43)c(F)c2)C(=O)O1. The molecule has 2 aliphatic heterocycles. The van der Waals surface area contributed by atoms with Crippen molar-refractivity contribution in [2.75, 3.05) is 31.1 Å². The Morgan fingerprint density at radius 3 is 2.55 bits per heavy atom. The predicted octanol–water partition coefficient (Wildman–Crippen LogP) is 1.87. The maximum atomic E-state index is 14.9. The average Bonchev–Trinajstić information content (AvgIpc) is 3.56. The molecule has 2 saturated carbocycles. The van der Waals surface area contributed by atoms with Crippen molar-refractivity contribution in [1.82, 2.24) is 10.2 Å². The van der Waals surface area contributed by atoms with E-state index in [4.69, 9.17) is 4.74 Å². The Labute approximate surface area is 168 Å². The van der Waals surface area contributed by atoms with Crippen LogP contribution in [0.2, 0.25) is 0 Å². The van der Waals surface area contributed by atoms with Crippen molar-refractivity contribution in [3.63, 3.8) is 0 Å². The number of halogens is 1. The van der Waals surface area contributed by atoms with Crippen LogP contribution in [-0.4, -0.2) is 55.1 Å². The van der Waals surface area contributed by atoms with Crippen molar-refractivity contribution in [3.8, 4) is 0 Å². The molecule has 4 fully saturated rings. The molecule has 4 aliphatic rings. The summed E-state index contributed by atoms with van der Waals surface area (Å²) < 4.78 is 20.1. The van der Waals surface area contributed by atoms with Crippen molar-refractivity contribution >= 4 is 23.6 Å². The summed E-state index contributed by atoms with van der Waals surface area (Å²) in [7, 11) is 0. The predicted molar refractivity (Wildman–Crippen MR) is 102 cm³/mol. The molecule has 0 unspecified atom stereocenters. The van der Waals surface area contributed by atoms with Crippen LogP contribution in [0.4, 0.5) is 14.9 Å². The first-order valence-corrected chi connectivity index (χ1v) is 10.2. The van der Waals surface area contributed by atoms with E-state index >= 15 is 0 Å². The highest BCUT2D eigenvalue weighted by atomic mass is 19.1. The molecule has 8 heteroatoms. The number of cyclic esters (lactones) is 1. The second-order valence-corrected chi connectivity index (χ2v) is 8.63. The molecule has 4 atom stereocenters. The molecule has 2 aliphatic carbocycles. The maximum Gasteiger partial charge on any atom is 0.414 e. The first-order valence-electron chi connectivity index (χ1n) is 10.2. The van der Waals surface area contributed by atoms with Crippen LogP contribution in [0.5, 0.6) is 0 Å². The Kier molecular flexibility index (Phi) is 4.26. The van der Waals surface area contributed by atoms with E-state index < -0.39 is 12.2 Å². The number of anilines is 1. The third-order valence-electron chi connectivity index (χ3n) is 6.54. The van der Waals surface area contributed by atoms with Crippen LogP contribution in [0.15, 0.2) is 18.2 Å². The van der Waals surface area contributed by atoms with Gasteiger partial charge < -0.3 is 15.0 Å². The molecule has 0 spiro atoms. The molecule has 1 aromatic carbocycles. The van der Waals surface area contributed by atoms with Crippen molar-refractivity contribution in [2.24, 2.45) is 17.8 Å². The van der Waals surface area contributed by atoms with Crippen LogP contribution in [0.1, 0.15) is 31.2 Å². The Hall–Kier alpha value is -2.64. The second-order valence-electron chi connectivity index (χ2n) is 8.63. The summed E-state index contributed by atoms with van der Waals surface area (Å²) in [5.74, 6) is 0.839. The molecule has 0 bridgehead atoms. The number of ether oxygens (including phenoxy) is 1. The lowest BCUT2D eigenvalue weighted by Crippen LogP contribution is -2.33. The quantitative estimate of drug-likeness (QED) is 0.817. The highest BCUT2D eigenvalue weighted by Gasteiger charge is 2.58. The van der Waals surface area contributed by atoms with Crippen LogP contribution in [0.3, 0.4) is 0 Å². The van der Waals surface area contributed by atoms with E-state index in [1.54, 1.807) is 12.1 Å². The highest BCUT2D eigenvalue weighted by Crippen LogP contribution is 2.59. The molecule has 5 rings (SSSR count). The summed E-state index contributed by atoms with van der Waals surface area (Å²) in [6, 6.07) is 4.90. The minimum atomic E-state index is -0.537. The number of amides is 3. The monoisotopic (exact) mass is 401 g/mol. The van der Waals surface area contributed by atoms with E-state index in [1.807, 2.05) is 4.90 Å². The van der Waals surface area contributed by atoms with E-state index in [-0.39, 0.29) is 42.6 Å². The summed E-state index contributed by atoms with van der Waals surface area (Å²) in [6.07, 6.45) is 1.03. The van der Waals surface area contributed by atoms with Crippen LogP contribution in [-0.2, 0) is 14.3 Å². The van der Waals surface area contributed by atoms with Gasteiger partial charge in [0.05, 0.1) is 18.8 Å². The van der Waals surface area contributed by atoms with Crippen molar-refractivity contribution in [1.29, 1.82) is 0 Å². The zero-order valence-electron chi connectivity index (χ0n) is 16.3. The molecule has 7 nitrogen and oxygen atoms in total. The van der Waals surface area contributed by atoms with Gasteiger partial charge in [-0.05, 0) is 48.3 Å². The lowest BCUT2D eigenvalue weighted by atomic mass is 10.0. The van der Waals surface area contributed by atoms with Gasteiger partial charge in [0.2, 0.25) is 11.8 Å². The number of nitrogens with one attached hydrogen (secondary N) is 1. The molecule has 2 heterocycles. The summed E-state index contributed by atoms with van der Waals surface area (Å²) in [6.45, 7) is 3.37. The number of likely N-dealkylation sites (tertiary alicyclic amines) is 1. The van der Waals surface area contributed by atoms with Gasteiger partial charge in [-0.1, -0.05) is 6.07 Å². The van der Waals surface area contributed by atoms with Crippen LogP contribution in [0.25, 0.3) is 0 Å². The Bertz CT molecular complexity index is 875. The van der Waals surface area contributed by atoms with Gasteiger partial charge in [-0.25, -0.2) is 9.18 Å². The Balaban J connectivity index is 1.22. The zero-order valence-corrected chi connectivity index (χ0v) is 16.3. The van der Waals surface area contributed by atoms with E-state index in [0.717, 1.165) is 25.9 Å². The topological polar surface area (TPSA) is 79.0 Å². The van der Waals surface area contributed by atoms with Crippen LogP contribution in [0, 0.1) is 23.6 Å². The van der Waals surface area contributed by atoms with Crippen molar-refractivity contribution < 1.29 is 23.5 Å². The van der Waals surface area contributed by atoms with Gasteiger partial charge in [0.1, 0.15) is 11.9 Å². The summed E-state index contributed by atoms with van der Waals surface area (Å²) in [5, 5.41) is 2.62. The minimum absolute atomic E-state index is 0.158. The van der Waals surface area contributed by atoms with Gasteiger partial charge in [-0.15, -0.1) is 0 Å². The Morgan fingerprint density at radius 1 is 1.21 bits per heavy atom. The number of hydrogen-bond donors (Lipinski definition) is 1. The molecule has 29 heavy (non-hydrogen) atoms. The van der Waals surface area contributed by atoms with Crippen LogP contribution < -0.4 is 10.2 Å². The van der Waals surface area contributed by atoms with Gasteiger partial charge in [-0.2, -0.15) is 0 Å². The fraction of sp³-hybridized carbons (Fsp3) is 0.571. The lowest BCUT2D eigenvalue weighted by molar-refractivity contribution is -0.132. The van der Waals surface area contributed by atoms with Gasteiger partial charge in [0, 0.05) is 25.9 Å². The van der Waals surface area contributed by atoms with E-state index in [2.05, 4.69) is 5.32 Å².